The monoisotopic (exact) mass is 1170 g/mol. The number of rotatable bonds is 37. The number of ether oxygens (including phenoxy) is 4. The number of nitrogens with two attached hydrogens (primary N) is 2. The SMILES string of the molecule is CCC(=O)OC[C@H](COP(=O)(O)OCCNC(=O)CCC(=O)NCCOCCOCCC(=O)NCCCC[C@@H]1NC(=O)[C@@H](Cc2ccccc2)NC(=O)[C@H](CC(=O)O)NC(=O)CNC(=O)[C@H](CCCN=C(N)N)NC1=O)OC(=O)CC. The predicted molar refractivity (Wildman–Crippen MR) is 285 cm³/mol. The molecule has 0 spiro atoms. The lowest BCUT2D eigenvalue weighted by molar-refractivity contribution is -0.160. The summed E-state index contributed by atoms with van der Waals surface area (Å²) in [6.07, 6.45) is -1.54. The van der Waals surface area contributed by atoms with Gasteiger partial charge in [-0.2, -0.15) is 0 Å². The molecular weight excluding hydrogens is 1090 g/mol. The van der Waals surface area contributed by atoms with Gasteiger partial charge in [0.15, 0.2) is 12.1 Å². The molecule has 0 aliphatic carbocycles. The minimum atomic E-state index is -4.65. The van der Waals surface area contributed by atoms with Crippen LogP contribution in [0.25, 0.3) is 0 Å². The Hall–Kier alpha value is -7.31. The van der Waals surface area contributed by atoms with Crippen LogP contribution < -0.4 is 54.0 Å². The van der Waals surface area contributed by atoms with Crippen molar-refractivity contribution in [3.63, 3.8) is 0 Å². The van der Waals surface area contributed by atoms with Crippen molar-refractivity contribution in [2.24, 2.45) is 16.5 Å². The smallest absolute Gasteiger partial charge is 0.472 e. The van der Waals surface area contributed by atoms with E-state index < -0.39 is 130 Å². The number of hydrogen-bond acceptors (Lipinski definition) is 19. The number of nitrogens with one attached hydrogen (secondary N) is 8. The van der Waals surface area contributed by atoms with Gasteiger partial charge in [0.25, 0.3) is 0 Å². The molecule has 14 N–H and O–H groups in total. The number of amides is 8. The number of esters is 2. The van der Waals surface area contributed by atoms with Crippen LogP contribution in [0.2, 0.25) is 0 Å². The zero-order chi connectivity index (χ0) is 60.0. The molecular formula is C49H78N11O20P. The molecule has 1 fully saturated rings. The molecule has 31 nitrogen and oxygen atoms in total. The molecule has 1 saturated heterocycles. The zero-order valence-corrected chi connectivity index (χ0v) is 46.4. The summed E-state index contributed by atoms with van der Waals surface area (Å²) in [4.78, 5) is 153. The van der Waals surface area contributed by atoms with E-state index in [9.17, 15) is 67.3 Å². The lowest BCUT2D eigenvalue weighted by Gasteiger charge is -2.26. The van der Waals surface area contributed by atoms with Gasteiger partial charge in [-0.25, -0.2) is 4.57 Å². The summed E-state index contributed by atoms with van der Waals surface area (Å²) in [7, 11) is -4.65. The Bertz CT molecular complexity index is 2290. The summed E-state index contributed by atoms with van der Waals surface area (Å²) < 4.78 is 42.7. The number of unbranched alkanes of at least 4 members (excludes halogenated alkanes) is 1. The van der Waals surface area contributed by atoms with Gasteiger partial charge in [-0.15, -0.1) is 0 Å². The average molecular weight is 1170 g/mol. The van der Waals surface area contributed by atoms with Gasteiger partial charge in [-0.1, -0.05) is 44.2 Å². The summed E-state index contributed by atoms with van der Waals surface area (Å²) in [5.74, 6) is -8.43. The van der Waals surface area contributed by atoms with Crippen molar-refractivity contribution in [2.75, 3.05) is 79.0 Å². The molecule has 0 saturated carbocycles. The molecule has 1 aliphatic rings. The van der Waals surface area contributed by atoms with Crippen molar-refractivity contribution in [1.29, 1.82) is 0 Å². The summed E-state index contributed by atoms with van der Waals surface area (Å²) in [6, 6.07) is 3.03. The Kier molecular flexibility index (Phi) is 34.4. The molecule has 1 aromatic rings. The Morgan fingerprint density at radius 3 is 1.88 bits per heavy atom. The number of carboxylic acid groups (broad SMARTS) is 1. The number of phosphoric ester groups is 1. The van der Waals surface area contributed by atoms with Crippen molar-refractivity contribution in [2.45, 2.75) is 121 Å². The standard InChI is InChI=1S/C49H78N11O20P/c1-3-43(67)77-30-33(80-44(68)4-2)31-79-81(73,74)78-24-21-54-39(62)16-15-38(61)53-20-23-76-26-25-75-22-17-40(63)52-18-9-8-13-35-46(70)58-34(14-10-19-55-49(50)51)45(69)56-29-41(64)57-37(28-42(65)66)48(72)60-36(47(71)59-35)27-32-11-6-5-7-12-32/h5-7,11-12,33-37H,3-4,8-10,13-31H2,1-2H3,(H,52,63)(H,53,61)(H,54,62)(H,56,69)(H,57,64)(H,58,70)(H,59,71)(H,60,72)(H,65,66)(H,73,74)(H4,50,51,55)/t33-,34+,35+,36-,37+/m1/s1. The number of benzene rings is 1. The molecule has 6 atom stereocenters. The van der Waals surface area contributed by atoms with Gasteiger partial charge in [-0.05, 0) is 37.7 Å². The molecule has 454 valence electrons. The maximum Gasteiger partial charge on any atom is 0.472 e. The normalized spacial score (nSPS) is 18.0. The largest absolute Gasteiger partial charge is 0.481 e. The third-order valence-corrected chi connectivity index (χ3v) is 12.2. The first-order chi connectivity index (χ1) is 38.6. The number of nitrogens with zero attached hydrogens (tertiary/aromatic N) is 1. The summed E-state index contributed by atoms with van der Waals surface area (Å²) in [5, 5.41) is 29.8. The van der Waals surface area contributed by atoms with E-state index in [1.165, 1.54) is 6.92 Å². The average Bonchev–Trinajstić information content (AvgIpc) is 3.44. The predicted octanol–water partition coefficient (Wildman–Crippen LogP) is -3.04. The second-order valence-corrected chi connectivity index (χ2v) is 19.3. The first kappa shape index (κ1) is 69.8. The van der Waals surface area contributed by atoms with Crippen LogP contribution >= 0.6 is 7.82 Å². The highest BCUT2D eigenvalue weighted by Crippen LogP contribution is 2.43. The zero-order valence-electron chi connectivity index (χ0n) is 45.5. The van der Waals surface area contributed by atoms with Gasteiger partial charge >= 0.3 is 25.7 Å². The highest BCUT2D eigenvalue weighted by molar-refractivity contribution is 7.47. The minimum Gasteiger partial charge on any atom is -0.481 e. The first-order valence-electron chi connectivity index (χ1n) is 26.3. The lowest BCUT2D eigenvalue weighted by Crippen LogP contribution is -2.58. The van der Waals surface area contributed by atoms with E-state index in [-0.39, 0.29) is 129 Å². The Morgan fingerprint density at radius 1 is 0.667 bits per heavy atom. The fourth-order valence-corrected chi connectivity index (χ4v) is 7.77. The van der Waals surface area contributed by atoms with E-state index in [1.54, 1.807) is 37.3 Å². The number of hydrogen-bond donors (Lipinski definition) is 12. The second kappa shape index (κ2) is 40.0. The number of phosphoric acid groups is 1. The molecule has 0 bridgehead atoms. The van der Waals surface area contributed by atoms with Crippen LogP contribution in [0.5, 0.6) is 0 Å². The van der Waals surface area contributed by atoms with Crippen LogP contribution in [0.4, 0.5) is 0 Å². The Labute approximate surface area is 468 Å². The van der Waals surface area contributed by atoms with Crippen LogP contribution in [-0.4, -0.2) is 190 Å². The number of carbonyl (C=O) groups excluding carboxylic acids is 10. The second-order valence-electron chi connectivity index (χ2n) is 17.9. The third-order valence-electron chi connectivity index (χ3n) is 11.2. The van der Waals surface area contributed by atoms with Crippen LogP contribution in [0, 0.1) is 0 Å². The molecule has 1 unspecified atom stereocenters. The summed E-state index contributed by atoms with van der Waals surface area (Å²) in [5.41, 5.74) is 11.5. The van der Waals surface area contributed by atoms with Crippen LogP contribution in [-0.2, 0) is 91.7 Å². The van der Waals surface area contributed by atoms with Crippen molar-refractivity contribution < 1.29 is 95.3 Å². The summed E-state index contributed by atoms with van der Waals surface area (Å²) in [6.45, 7) is 1.63. The van der Waals surface area contributed by atoms with Crippen molar-refractivity contribution in [1.82, 2.24) is 42.5 Å². The van der Waals surface area contributed by atoms with E-state index in [2.05, 4.69) is 47.5 Å². The summed E-state index contributed by atoms with van der Waals surface area (Å²) >= 11 is 0. The Balaban J connectivity index is 1.78. The van der Waals surface area contributed by atoms with E-state index >= 15 is 0 Å². The van der Waals surface area contributed by atoms with E-state index in [0.29, 0.717) is 12.0 Å². The van der Waals surface area contributed by atoms with Gasteiger partial charge in [0.05, 0.1) is 52.6 Å². The Morgan fingerprint density at radius 2 is 1.23 bits per heavy atom. The third kappa shape index (κ3) is 33.1. The van der Waals surface area contributed by atoms with Crippen molar-refractivity contribution in [3.05, 3.63) is 35.9 Å². The molecule has 2 rings (SSSR count). The van der Waals surface area contributed by atoms with Gasteiger partial charge in [0.2, 0.25) is 47.3 Å². The first-order valence-corrected chi connectivity index (χ1v) is 27.8. The van der Waals surface area contributed by atoms with Gasteiger partial charge in [-0.3, -0.25) is 66.8 Å². The van der Waals surface area contributed by atoms with Crippen LogP contribution in [0.15, 0.2) is 35.3 Å². The number of carbonyl (C=O) groups is 11. The maximum atomic E-state index is 14.0. The number of guanidine groups is 1. The molecule has 1 heterocycles. The van der Waals surface area contributed by atoms with E-state index in [4.69, 9.17) is 39.5 Å². The molecule has 0 radical (unpaired) electrons. The topological polar surface area (TPSA) is 461 Å². The number of carboxylic acids is 1. The number of aliphatic carboxylic acids is 1. The highest BCUT2D eigenvalue weighted by Gasteiger charge is 2.33. The van der Waals surface area contributed by atoms with E-state index in [0.717, 1.165) is 0 Å². The maximum absolute atomic E-state index is 14.0. The number of aliphatic imine (C=N–C) groups is 1. The van der Waals surface area contributed by atoms with Crippen LogP contribution in [0.1, 0.15) is 90.0 Å². The molecule has 1 aromatic carbocycles. The fraction of sp³-hybridized carbons (Fsp3) is 0.633. The minimum absolute atomic E-state index is 0.000137. The van der Waals surface area contributed by atoms with Crippen molar-refractivity contribution >= 4 is 78.9 Å². The van der Waals surface area contributed by atoms with Gasteiger partial charge in [0, 0.05) is 64.7 Å². The van der Waals surface area contributed by atoms with Crippen molar-refractivity contribution in [3.8, 4) is 0 Å². The van der Waals surface area contributed by atoms with E-state index in [1.807, 2.05) is 0 Å². The molecule has 8 amide bonds. The quantitative estimate of drug-likeness (QED) is 0.0104. The molecule has 81 heavy (non-hydrogen) atoms. The highest BCUT2D eigenvalue weighted by atomic mass is 31.2. The fourth-order valence-electron chi connectivity index (χ4n) is 7.02. The molecule has 32 heteroatoms. The lowest BCUT2D eigenvalue weighted by atomic mass is 10.0. The van der Waals surface area contributed by atoms with Gasteiger partial charge in [0.1, 0.15) is 30.8 Å². The van der Waals surface area contributed by atoms with Gasteiger partial charge < -0.3 is 82.9 Å². The molecule has 1 aliphatic heterocycles. The van der Waals surface area contributed by atoms with Crippen LogP contribution in [0.3, 0.4) is 0 Å². The molecule has 0 aromatic heterocycles.